The molecule has 1 saturated heterocycles. The van der Waals surface area contributed by atoms with Crippen LogP contribution in [-0.4, -0.2) is 302 Å². The summed E-state index contributed by atoms with van der Waals surface area (Å²) in [7, 11) is 0. The third-order valence-electron chi connectivity index (χ3n) is 16.2. The van der Waals surface area contributed by atoms with E-state index < -0.39 is 190 Å². The Morgan fingerprint density at radius 2 is 0.882 bits per heavy atom. The van der Waals surface area contributed by atoms with Crippen molar-refractivity contribution in [3.63, 3.8) is 0 Å². The number of aromatic hydroxyl groups is 1. The van der Waals surface area contributed by atoms with Crippen LogP contribution in [0.1, 0.15) is 115 Å². The Morgan fingerprint density at radius 3 is 1.34 bits per heavy atom. The predicted octanol–water partition coefficient (Wildman–Crippen LogP) is -4.12. The number of phenols is 1. The minimum absolute atomic E-state index is 0.0200. The molecule has 2 aliphatic heterocycles. The molecular formula is C63H94N14O25. The zero-order valence-corrected chi connectivity index (χ0v) is 56.4. The number of benzene rings is 1. The van der Waals surface area contributed by atoms with Crippen LogP contribution in [-0.2, 0) is 83.1 Å². The number of urea groups is 1. The van der Waals surface area contributed by atoms with Gasteiger partial charge in [-0.1, -0.05) is 18.6 Å². The van der Waals surface area contributed by atoms with Crippen LogP contribution >= 0.6 is 0 Å². The van der Waals surface area contributed by atoms with E-state index in [1.807, 2.05) is 25.3 Å². The van der Waals surface area contributed by atoms with Gasteiger partial charge in [-0.3, -0.25) is 82.1 Å². The highest BCUT2D eigenvalue weighted by molar-refractivity contribution is 6.09. The molecule has 0 saturated carbocycles. The van der Waals surface area contributed by atoms with Gasteiger partial charge in [-0.2, -0.15) is 0 Å². The van der Waals surface area contributed by atoms with Crippen LogP contribution in [0.15, 0.2) is 29.3 Å². The van der Waals surface area contributed by atoms with Gasteiger partial charge in [-0.15, -0.1) is 0 Å². The van der Waals surface area contributed by atoms with E-state index >= 15 is 0 Å². The Labute approximate surface area is 585 Å². The number of unbranched alkanes of at least 4 members (excludes halogenated alkanes) is 3. The second kappa shape index (κ2) is 46.9. The highest BCUT2D eigenvalue weighted by Crippen LogP contribution is 2.17. The zero-order chi connectivity index (χ0) is 75.7. The van der Waals surface area contributed by atoms with Gasteiger partial charge in [0.2, 0.25) is 41.4 Å². The Morgan fingerprint density at radius 1 is 0.461 bits per heavy atom. The monoisotopic (exact) mass is 1450 g/mol. The number of amidine groups is 1. The van der Waals surface area contributed by atoms with Gasteiger partial charge >= 0.3 is 47.8 Å². The number of nitrogens with zero attached hydrogens (tertiary/aromatic N) is 5. The number of carboxylic acids is 7. The first-order valence-corrected chi connectivity index (χ1v) is 33.2. The maximum Gasteiger partial charge on any atom is 0.326 e. The molecule has 0 aromatic heterocycles. The van der Waals surface area contributed by atoms with E-state index in [4.69, 9.17) is 5.11 Å². The smallest absolute Gasteiger partial charge is 0.326 e. The average Bonchev–Trinajstić information content (AvgIpc) is 1.65. The number of amides is 9. The van der Waals surface area contributed by atoms with Gasteiger partial charge < -0.3 is 98.3 Å². The lowest BCUT2D eigenvalue weighted by molar-refractivity contribution is -0.141. The molecule has 7 atom stereocenters. The van der Waals surface area contributed by atoms with Crippen LogP contribution in [0.25, 0.3) is 0 Å². The minimum Gasteiger partial charge on any atom is -0.508 e. The topological polar surface area (TPSA) is 586 Å². The van der Waals surface area contributed by atoms with E-state index in [1.54, 1.807) is 4.90 Å². The molecule has 7 unspecified atom stereocenters. The van der Waals surface area contributed by atoms with E-state index in [1.165, 1.54) is 24.3 Å². The van der Waals surface area contributed by atoms with Crippen molar-refractivity contribution >= 4 is 108 Å². The van der Waals surface area contributed by atoms with Crippen molar-refractivity contribution in [1.82, 2.24) is 67.5 Å². The Hall–Kier alpha value is -10.3. The molecule has 0 bridgehead atoms. The zero-order valence-electron chi connectivity index (χ0n) is 56.4. The largest absolute Gasteiger partial charge is 0.508 e. The fourth-order valence-electron chi connectivity index (χ4n) is 10.5. The summed E-state index contributed by atoms with van der Waals surface area (Å²) in [4.78, 5) is 223. The first-order chi connectivity index (χ1) is 48.4. The van der Waals surface area contributed by atoms with Crippen molar-refractivity contribution in [2.75, 3.05) is 91.6 Å². The molecule has 1 fully saturated rings. The predicted molar refractivity (Wildman–Crippen MR) is 354 cm³/mol. The summed E-state index contributed by atoms with van der Waals surface area (Å²) >= 11 is 0. The van der Waals surface area contributed by atoms with Crippen LogP contribution in [0, 0.1) is 0 Å². The van der Waals surface area contributed by atoms with Crippen LogP contribution in [0.3, 0.4) is 0 Å². The average molecular weight is 1450 g/mol. The molecule has 1 aromatic rings. The summed E-state index contributed by atoms with van der Waals surface area (Å²) in [6, 6.07) is -6.13. The molecule has 0 radical (unpaired) electrons. The number of aliphatic imine (C=N–C) groups is 1. The molecular weight excluding hydrogens is 1350 g/mol. The number of aldehydes is 2. The number of hydrogen-bond donors (Lipinski definition) is 17. The van der Waals surface area contributed by atoms with E-state index in [0.29, 0.717) is 70.8 Å². The summed E-state index contributed by atoms with van der Waals surface area (Å²) in [6.07, 6.45) is -3.07. The molecule has 0 spiro atoms. The normalized spacial score (nSPS) is 16.5. The molecule has 39 heteroatoms. The fraction of sp³-hybridized carbons (Fsp3) is 0.619. The third kappa shape index (κ3) is 36.2. The highest BCUT2D eigenvalue weighted by atomic mass is 16.4. The molecule has 0 aliphatic carbocycles. The van der Waals surface area contributed by atoms with Crippen LogP contribution < -0.4 is 47.9 Å². The summed E-state index contributed by atoms with van der Waals surface area (Å²) in [6.45, 7) is 3.26. The van der Waals surface area contributed by atoms with Gasteiger partial charge in [-0.05, 0) is 88.3 Å². The lowest BCUT2D eigenvalue weighted by atomic mass is 10.0. The Kier molecular flexibility index (Phi) is 39.6. The molecule has 17 N–H and O–H groups in total. The Balaban J connectivity index is 1.67. The minimum atomic E-state index is -1.80. The van der Waals surface area contributed by atoms with Gasteiger partial charge in [0.05, 0.1) is 32.2 Å². The second-order valence-electron chi connectivity index (χ2n) is 24.2. The number of phenolic OH excluding ortho intramolecular Hbond substituents is 1. The molecule has 3 rings (SSSR count). The van der Waals surface area contributed by atoms with E-state index in [2.05, 4.69) is 42.2 Å². The standard InChI is InChI=1S/C63H94N14O25/c78-34-32-74-24-28-76(29-25-75(33-35-79)27-31-77(30-26-74)38-55(92)93)37-50(83)65-23-5-3-6-41-60(97)73-56(67-41)47(36-39-8-10-40(80)11-9-39)70-59(96)44(15-20-53(88)89)69-58(95)43(14-19-52(86)87)68-57(94)42(13-18-51(84)85)66-49(82)7-2-1-4-22-64-48(81)17-12-45(61(98)99)71-63(102)72-46(62(100)101)16-21-54(90)91/h8-11,34-35,41-47,80H,1-7,12-33,36-38H2,(H,64,81)(H,65,83)(H,66,82)(H,68,94)(H,69,95)(H,70,96)(H,84,85)(H,86,87)(H,88,89)(H,90,91)(H,92,93)(H,98,99)(H,100,101)(H,67,73,97)(H2,71,72,102). The number of carbonyl (C=O) groups excluding carboxylic acids is 10. The number of carbonyl (C=O) groups is 17. The summed E-state index contributed by atoms with van der Waals surface area (Å²) in [5.41, 5.74) is 0.497. The molecule has 9 amide bonds. The lowest BCUT2D eigenvalue weighted by Gasteiger charge is -2.32. The van der Waals surface area contributed by atoms with Gasteiger partial charge in [-0.25, -0.2) is 14.4 Å². The van der Waals surface area contributed by atoms with Crippen LogP contribution in [0.2, 0.25) is 0 Å². The second-order valence-corrected chi connectivity index (χ2v) is 24.2. The quantitative estimate of drug-likeness (QED) is 0.0218. The molecule has 1 aromatic carbocycles. The first-order valence-electron chi connectivity index (χ1n) is 33.2. The molecule has 39 nitrogen and oxygen atoms in total. The SMILES string of the molecule is O=CCN1CCN(CC(=O)O)CCN(CC=O)CCN(CC(=O)NCCCCC2N=C(C(Cc3ccc(O)cc3)NC(=O)C(CCC(=O)O)NC(=O)C(CCC(=O)O)NC(=O)C(CCC(=O)O)NC(=O)CCCCCNC(=O)CCC(NC(=O)NC(CCC(=O)O)C(=O)O)C(=O)O)NC2=O)CC1. The molecule has 2 heterocycles. The van der Waals surface area contributed by atoms with Crippen molar-refractivity contribution in [3.05, 3.63) is 29.8 Å². The van der Waals surface area contributed by atoms with Crippen molar-refractivity contribution in [2.24, 2.45) is 4.99 Å². The van der Waals surface area contributed by atoms with Crippen molar-refractivity contribution < 1.29 is 122 Å². The summed E-state index contributed by atoms with van der Waals surface area (Å²) in [5.74, 6) is -15.5. The van der Waals surface area contributed by atoms with Crippen molar-refractivity contribution in [1.29, 1.82) is 0 Å². The van der Waals surface area contributed by atoms with E-state index in [-0.39, 0.29) is 95.3 Å². The van der Waals surface area contributed by atoms with Gasteiger partial charge in [0.1, 0.15) is 60.4 Å². The maximum atomic E-state index is 14.4. The Bertz CT molecular complexity index is 3060. The van der Waals surface area contributed by atoms with Crippen LogP contribution in [0.5, 0.6) is 5.75 Å². The van der Waals surface area contributed by atoms with Crippen molar-refractivity contribution in [2.45, 2.75) is 158 Å². The summed E-state index contributed by atoms with van der Waals surface area (Å²) in [5, 5.41) is 97.7. The maximum absolute atomic E-state index is 14.4. The number of rotatable bonds is 48. The van der Waals surface area contributed by atoms with Crippen LogP contribution in [0.4, 0.5) is 4.79 Å². The van der Waals surface area contributed by atoms with Gasteiger partial charge in [0, 0.05) is 104 Å². The van der Waals surface area contributed by atoms with E-state index in [9.17, 15) is 117 Å². The van der Waals surface area contributed by atoms with Gasteiger partial charge in [0.25, 0.3) is 0 Å². The molecule has 566 valence electrons. The summed E-state index contributed by atoms with van der Waals surface area (Å²) < 4.78 is 0. The number of carboxylic acid groups (broad SMARTS) is 7. The van der Waals surface area contributed by atoms with Crippen molar-refractivity contribution in [3.8, 4) is 5.75 Å². The number of nitrogens with one attached hydrogen (secondary N) is 9. The third-order valence-corrected chi connectivity index (χ3v) is 16.2. The number of aliphatic carboxylic acids is 7. The first kappa shape index (κ1) is 85.9. The number of hydrogen-bond acceptors (Lipinski definition) is 23. The van der Waals surface area contributed by atoms with Gasteiger partial charge in [0.15, 0.2) is 0 Å². The molecule has 102 heavy (non-hydrogen) atoms. The fourth-order valence-corrected chi connectivity index (χ4v) is 10.5. The molecule has 2 aliphatic rings. The van der Waals surface area contributed by atoms with E-state index in [0.717, 1.165) is 12.6 Å². The highest BCUT2D eigenvalue weighted by Gasteiger charge is 2.36. The lowest BCUT2D eigenvalue weighted by Crippen LogP contribution is -2.58.